The number of hydrogen-bond donors (Lipinski definition) is 1. The molecular weight excluding hydrogens is 286 g/mol. The van der Waals surface area contributed by atoms with Gasteiger partial charge in [0, 0.05) is 12.2 Å². The van der Waals surface area contributed by atoms with Gasteiger partial charge in [-0.05, 0) is 37.3 Å². The molecule has 110 valence electrons. The Morgan fingerprint density at radius 3 is 2.90 bits per heavy atom. The maximum atomic E-state index is 12.1. The van der Waals surface area contributed by atoms with Crippen molar-refractivity contribution in [2.75, 3.05) is 0 Å². The molecule has 5 heteroatoms. The molecule has 2 aromatic rings. The van der Waals surface area contributed by atoms with Gasteiger partial charge in [-0.15, -0.1) is 0 Å². The highest BCUT2D eigenvalue weighted by Crippen LogP contribution is 2.21. The molecule has 1 aromatic heterocycles. The molecule has 0 saturated carbocycles. The van der Waals surface area contributed by atoms with E-state index in [1.807, 2.05) is 6.92 Å². The maximum Gasteiger partial charge on any atom is 0.241 e. The first-order chi connectivity index (χ1) is 10.1. The van der Waals surface area contributed by atoms with Crippen LogP contribution in [-0.4, -0.2) is 21.7 Å². The zero-order chi connectivity index (χ0) is 14.8. The Kier molecular flexibility index (Phi) is 3.97. The van der Waals surface area contributed by atoms with Crippen molar-refractivity contribution in [3.05, 3.63) is 52.3 Å². The summed E-state index contributed by atoms with van der Waals surface area (Å²) >= 11 is 5.95. The normalized spacial score (nSPS) is 17.3. The number of halogens is 1. The lowest BCUT2D eigenvalue weighted by molar-refractivity contribution is -0.122. The summed E-state index contributed by atoms with van der Waals surface area (Å²) in [5.74, 6) is -0.0152. The number of aromatic nitrogens is 2. The van der Waals surface area contributed by atoms with E-state index in [1.54, 1.807) is 10.9 Å². The molecule has 1 aliphatic rings. The van der Waals surface area contributed by atoms with E-state index in [2.05, 4.69) is 34.7 Å². The van der Waals surface area contributed by atoms with Crippen LogP contribution in [-0.2, 0) is 24.2 Å². The number of nitrogens with one attached hydrogen (secondary N) is 1. The lowest BCUT2D eigenvalue weighted by Gasteiger charge is -2.25. The van der Waals surface area contributed by atoms with Gasteiger partial charge in [0.15, 0.2) is 0 Å². The number of aryl methyl sites for hydroxylation is 2. The minimum Gasteiger partial charge on any atom is -0.351 e. The monoisotopic (exact) mass is 303 g/mol. The largest absolute Gasteiger partial charge is 0.351 e. The summed E-state index contributed by atoms with van der Waals surface area (Å²) in [7, 11) is 0. The van der Waals surface area contributed by atoms with E-state index in [-0.39, 0.29) is 18.5 Å². The van der Waals surface area contributed by atoms with Crippen LogP contribution in [0.2, 0.25) is 5.02 Å². The first-order valence-electron chi connectivity index (χ1n) is 7.17. The van der Waals surface area contributed by atoms with E-state index in [9.17, 15) is 4.79 Å². The quantitative estimate of drug-likeness (QED) is 0.947. The summed E-state index contributed by atoms with van der Waals surface area (Å²) in [5, 5.41) is 7.89. The smallest absolute Gasteiger partial charge is 0.241 e. The Morgan fingerprint density at radius 2 is 2.19 bits per heavy atom. The van der Waals surface area contributed by atoms with Crippen LogP contribution in [0.4, 0.5) is 0 Å². The van der Waals surface area contributed by atoms with Gasteiger partial charge < -0.3 is 5.32 Å². The second kappa shape index (κ2) is 5.90. The first-order valence-corrected chi connectivity index (χ1v) is 7.55. The molecule has 3 rings (SSSR count). The van der Waals surface area contributed by atoms with Crippen LogP contribution in [0.5, 0.6) is 0 Å². The number of rotatable bonds is 3. The predicted molar refractivity (Wildman–Crippen MR) is 82.4 cm³/mol. The summed E-state index contributed by atoms with van der Waals surface area (Å²) < 4.78 is 1.59. The van der Waals surface area contributed by atoms with Gasteiger partial charge in [0.05, 0.1) is 10.7 Å². The van der Waals surface area contributed by atoms with Crippen molar-refractivity contribution in [1.82, 2.24) is 15.1 Å². The summed E-state index contributed by atoms with van der Waals surface area (Å²) in [6.45, 7) is 2.04. The fourth-order valence-corrected chi connectivity index (χ4v) is 2.97. The van der Waals surface area contributed by atoms with E-state index < -0.39 is 0 Å². The van der Waals surface area contributed by atoms with Crippen molar-refractivity contribution in [1.29, 1.82) is 0 Å². The van der Waals surface area contributed by atoms with Gasteiger partial charge >= 0.3 is 0 Å². The van der Waals surface area contributed by atoms with Crippen molar-refractivity contribution in [2.24, 2.45) is 0 Å². The highest BCUT2D eigenvalue weighted by Gasteiger charge is 2.20. The molecule has 1 N–H and O–H groups in total. The summed E-state index contributed by atoms with van der Waals surface area (Å²) in [5.41, 5.74) is 3.49. The SMILES string of the molecule is Cc1nn(CC(=O)N[C@H]2CCc3ccccc3C2)cc1Cl. The molecule has 0 spiro atoms. The summed E-state index contributed by atoms with van der Waals surface area (Å²) in [6.07, 6.45) is 4.60. The van der Waals surface area contributed by atoms with E-state index in [1.165, 1.54) is 11.1 Å². The van der Waals surface area contributed by atoms with E-state index in [0.29, 0.717) is 5.02 Å². The zero-order valence-corrected chi connectivity index (χ0v) is 12.7. The van der Waals surface area contributed by atoms with Crippen LogP contribution >= 0.6 is 11.6 Å². The number of fused-ring (bicyclic) bond motifs is 1. The molecule has 0 aliphatic heterocycles. The first kappa shape index (κ1) is 14.1. The molecular formula is C16H18ClN3O. The number of carbonyl (C=O) groups excluding carboxylic acids is 1. The summed E-state index contributed by atoms with van der Waals surface area (Å²) in [6, 6.07) is 8.64. The average molecular weight is 304 g/mol. The van der Waals surface area contributed by atoms with E-state index >= 15 is 0 Å². The third-order valence-electron chi connectivity index (χ3n) is 3.90. The van der Waals surface area contributed by atoms with Crippen molar-refractivity contribution < 1.29 is 4.79 Å². The Balaban J connectivity index is 1.59. The van der Waals surface area contributed by atoms with Crippen molar-refractivity contribution >= 4 is 17.5 Å². The highest BCUT2D eigenvalue weighted by atomic mass is 35.5. The Labute approximate surface area is 129 Å². The fourth-order valence-electron chi connectivity index (χ4n) is 2.82. The maximum absolute atomic E-state index is 12.1. The molecule has 1 amide bonds. The summed E-state index contributed by atoms with van der Waals surface area (Å²) in [4.78, 5) is 12.1. The van der Waals surface area contributed by atoms with E-state index in [4.69, 9.17) is 11.6 Å². The fraction of sp³-hybridized carbons (Fsp3) is 0.375. The van der Waals surface area contributed by atoms with Crippen LogP contribution < -0.4 is 5.32 Å². The van der Waals surface area contributed by atoms with E-state index in [0.717, 1.165) is 25.0 Å². The number of hydrogen-bond acceptors (Lipinski definition) is 2. The molecule has 1 atom stereocenters. The molecule has 4 nitrogen and oxygen atoms in total. The Morgan fingerprint density at radius 1 is 1.43 bits per heavy atom. The second-order valence-corrected chi connectivity index (χ2v) is 5.94. The molecule has 1 aromatic carbocycles. The predicted octanol–water partition coefficient (Wildman–Crippen LogP) is 2.52. The van der Waals surface area contributed by atoms with Crippen molar-refractivity contribution in [3.8, 4) is 0 Å². The second-order valence-electron chi connectivity index (χ2n) is 5.54. The minimum atomic E-state index is -0.0152. The number of amides is 1. The third kappa shape index (κ3) is 3.27. The van der Waals surface area contributed by atoms with Crippen LogP contribution in [0.1, 0.15) is 23.2 Å². The number of carbonyl (C=O) groups is 1. The van der Waals surface area contributed by atoms with Gasteiger partial charge in [0.1, 0.15) is 6.54 Å². The Hall–Kier alpha value is -1.81. The molecule has 0 radical (unpaired) electrons. The van der Waals surface area contributed by atoms with Crippen molar-refractivity contribution in [3.63, 3.8) is 0 Å². The molecule has 0 fully saturated rings. The lowest BCUT2D eigenvalue weighted by Crippen LogP contribution is -2.40. The topological polar surface area (TPSA) is 46.9 Å². The molecule has 21 heavy (non-hydrogen) atoms. The van der Waals surface area contributed by atoms with Crippen LogP contribution in [0.25, 0.3) is 0 Å². The average Bonchev–Trinajstić information content (AvgIpc) is 2.77. The molecule has 0 unspecified atom stereocenters. The minimum absolute atomic E-state index is 0.0152. The zero-order valence-electron chi connectivity index (χ0n) is 12.0. The van der Waals surface area contributed by atoms with Gasteiger partial charge in [-0.3, -0.25) is 9.48 Å². The molecule has 0 saturated heterocycles. The molecule has 1 heterocycles. The van der Waals surface area contributed by atoms with Crippen LogP contribution in [0, 0.1) is 6.92 Å². The standard InChI is InChI=1S/C16H18ClN3O/c1-11-15(17)9-20(19-11)10-16(21)18-14-7-6-12-4-2-3-5-13(12)8-14/h2-5,9,14H,6-8,10H2,1H3,(H,18,21)/t14-/m0/s1. The molecule has 1 aliphatic carbocycles. The van der Waals surface area contributed by atoms with Gasteiger partial charge in [-0.1, -0.05) is 35.9 Å². The van der Waals surface area contributed by atoms with Gasteiger partial charge in [0.2, 0.25) is 5.91 Å². The third-order valence-corrected chi connectivity index (χ3v) is 4.28. The van der Waals surface area contributed by atoms with Crippen LogP contribution in [0.3, 0.4) is 0 Å². The Bertz CT molecular complexity index is 646. The van der Waals surface area contributed by atoms with Gasteiger partial charge in [0.25, 0.3) is 0 Å². The number of nitrogens with zero attached hydrogens (tertiary/aromatic N) is 2. The van der Waals surface area contributed by atoms with Gasteiger partial charge in [-0.2, -0.15) is 5.10 Å². The number of benzene rings is 1. The van der Waals surface area contributed by atoms with Gasteiger partial charge in [-0.25, -0.2) is 0 Å². The van der Waals surface area contributed by atoms with Crippen molar-refractivity contribution in [2.45, 2.75) is 38.8 Å². The van der Waals surface area contributed by atoms with Crippen LogP contribution in [0.15, 0.2) is 30.5 Å². The highest BCUT2D eigenvalue weighted by molar-refractivity contribution is 6.31. The molecule has 0 bridgehead atoms. The lowest BCUT2D eigenvalue weighted by atomic mass is 9.88.